The molecule has 0 aromatic heterocycles. The summed E-state index contributed by atoms with van der Waals surface area (Å²) in [6.07, 6.45) is 0. The van der Waals surface area contributed by atoms with Crippen LogP contribution in [0.2, 0.25) is 5.02 Å². The number of esters is 2. The Bertz CT molecular complexity index is 536. The van der Waals surface area contributed by atoms with Crippen molar-refractivity contribution in [2.45, 2.75) is 0 Å². The minimum absolute atomic E-state index is 0.194. The molecule has 1 aromatic rings. The normalized spacial score (nSPS) is 9.50. The lowest BCUT2D eigenvalue weighted by Crippen LogP contribution is -2.36. The lowest BCUT2D eigenvalue weighted by Gasteiger charge is -2.23. The number of nitriles is 1. The molecular weight excluding hydrogens is 284 g/mol. The third-order valence-electron chi connectivity index (χ3n) is 2.52. The lowest BCUT2D eigenvalue weighted by atomic mass is 10.1. The number of hydrogen-bond donors (Lipinski definition) is 0. The molecule has 7 heteroatoms. The molecule has 0 saturated carbocycles. The van der Waals surface area contributed by atoms with Crippen LogP contribution in [0.25, 0.3) is 0 Å². The number of methoxy groups -OCH3 is 2. The fourth-order valence-electron chi connectivity index (χ4n) is 1.53. The second kappa shape index (κ2) is 7.36. The molecule has 0 N–H and O–H groups in total. The summed E-state index contributed by atoms with van der Waals surface area (Å²) in [5.41, 5.74) is 0.665. The van der Waals surface area contributed by atoms with Crippen molar-refractivity contribution in [3.8, 4) is 6.07 Å². The molecule has 0 aliphatic heterocycles. The van der Waals surface area contributed by atoms with Gasteiger partial charge in [-0.25, -0.2) is 0 Å². The zero-order valence-corrected chi connectivity index (χ0v) is 11.8. The van der Waals surface area contributed by atoms with Gasteiger partial charge in [0, 0.05) is 5.02 Å². The first-order valence-electron chi connectivity index (χ1n) is 5.60. The summed E-state index contributed by atoms with van der Waals surface area (Å²) < 4.78 is 9.15. The van der Waals surface area contributed by atoms with E-state index in [0.29, 0.717) is 16.3 Å². The van der Waals surface area contributed by atoms with Gasteiger partial charge in [0.25, 0.3) is 0 Å². The minimum atomic E-state index is -0.544. The zero-order chi connectivity index (χ0) is 15.1. The maximum absolute atomic E-state index is 11.4. The molecule has 20 heavy (non-hydrogen) atoms. The summed E-state index contributed by atoms with van der Waals surface area (Å²) >= 11 is 5.89. The summed E-state index contributed by atoms with van der Waals surface area (Å²) in [7, 11) is 2.48. The fraction of sp³-hybridized carbons (Fsp3) is 0.308. The maximum Gasteiger partial charge on any atom is 0.325 e. The Kier molecular flexibility index (Phi) is 5.81. The third-order valence-corrected chi connectivity index (χ3v) is 2.75. The molecule has 0 fully saturated rings. The summed E-state index contributed by atoms with van der Waals surface area (Å²) in [6.45, 7) is -0.388. The van der Waals surface area contributed by atoms with Crippen molar-refractivity contribution in [3.63, 3.8) is 0 Å². The highest BCUT2D eigenvalue weighted by molar-refractivity contribution is 6.30. The smallest absolute Gasteiger partial charge is 0.325 e. The van der Waals surface area contributed by atoms with Crippen molar-refractivity contribution in [1.82, 2.24) is 0 Å². The van der Waals surface area contributed by atoms with Crippen LogP contribution in [0.5, 0.6) is 0 Å². The van der Waals surface area contributed by atoms with Crippen LogP contribution in [0.15, 0.2) is 18.2 Å². The van der Waals surface area contributed by atoms with Crippen LogP contribution in [0.3, 0.4) is 0 Å². The van der Waals surface area contributed by atoms with Gasteiger partial charge in [-0.2, -0.15) is 5.26 Å². The third kappa shape index (κ3) is 4.14. The predicted molar refractivity (Wildman–Crippen MR) is 72.4 cm³/mol. The topological polar surface area (TPSA) is 79.6 Å². The highest BCUT2D eigenvalue weighted by atomic mass is 35.5. The Morgan fingerprint density at radius 2 is 1.80 bits per heavy atom. The van der Waals surface area contributed by atoms with E-state index in [2.05, 4.69) is 9.47 Å². The number of hydrogen-bond acceptors (Lipinski definition) is 6. The minimum Gasteiger partial charge on any atom is -0.468 e. The van der Waals surface area contributed by atoms with Gasteiger partial charge < -0.3 is 14.4 Å². The predicted octanol–water partition coefficient (Wildman–Crippen LogP) is 1.36. The molecule has 0 atom stereocenters. The van der Waals surface area contributed by atoms with Gasteiger partial charge in [0.1, 0.15) is 19.2 Å². The quantitative estimate of drug-likeness (QED) is 0.763. The van der Waals surface area contributed by atoms with Gasteiger partial charge in [0.05, 0.1) is 25.5 Å². The molecule has 0 saturated heterocycles. The molecule has 0 spiro atoms. The van der Waals surface area contributed by atoms with Crippen LogP contribution in [0.1, 0.15) is 5.56 Å². The molecular formula is C13H13ClN2O4. The van der Waals surface area contributed by atoms with Crippen LogP contribution >= 0.6 is 11.6 Å². The average Bonchev–Trinajstić information content (AvgIpc) is 2.46. The standard InChI is InChI=1S/C13H13ClN2O4/c1-19-12(17)7-16(8-13(18)20-2)11-5-10(14)4-3-9(11)6-15/h3-5H,7-8H2,1-2H3. The van der Waals surface area contributed by atoms with Gasteiger partial charge in [-0.1, -0.05) is 11.6 Å². The van der Waals surface area contributed by atoms with E-state index in [1.807, 2.05) is 6.07 Å². The molecule has 0 bridgehead atoms. The van der Waals surface area contributed by atoms with E-state index in [1.54, 1.807) is 6.07 Å². The van der Waals surface area contributed by atoms with E-state index in [9.17, 15) is 9.59 Å². The summed E-state index contributed by atoms with van der Waals surface area (Å²) in [5, 5.41) is 9.48. The largest absolute Gasteiger partial charge is 0.468 e. The fourth-order valence-corrected chi connectivity index (χ4v) is 1.69. The van der Waals surface area contributed by atoms with E-state index in [4.69, 9.17) is 16.9 Å². The van der Waals surface area contributed by atoms with Crippen molar-refractivity contribution < 1.29 is 19.1 Å². The van der Waals surface area contributed by atoms with Gasteiger partial charge in [-0.15, -0.1) is 0 Å². The van der Waals surface area contributed by atoms with Crippen molar-refractivity contribution >= 4 is 29.2 Å². The number of benzene rings is 1. The molecule has 0 unspecified atom stereocenters. The molecule has 1 aromatic carbocycles. The summed E-state index contributed by atoms with van der Waals surface area (Å²) in [6, 6.07) is 6.55. The second-order valence-electron chi connectivity index (χ2n) is 3.78. The SMILES string of the molecule is COC(=O)CN(CC(=O)OC)c1cc(Cl)ccc1C#N. The Balaban J connectivity index is 3.15. The van der Waals surface area contributed by atoms with E-state index >= 15 is 0 Å². The van der Waals surface area contributed by atoms with Crippen molar-refractivity contribution in [2.75, 3.05) is 32.2 Å². The Hall–Kier alpha value is -2.26. The van der Waals surface area contributed by atoms with E-state index in [-0.39, 0.29) is 13.1 Å². The van der Waals surface area contributed by atoms with Gasteiger partial charge in [-0.3, -0.25) is 9.59 Å². The van der Waals surface area contributed by atoms with Gasteiger partial charge in [0.2, 0.25) is 0 Å². The Morgan fingerprint density at radius 1 is 1.25 bits per heavy atom. The van der Waals surface area contributed by atoms with Crippen LogP contribution in [-0.2, 0) is 19.1 Å². The first kappa shape index (κ1) is 15.8. The number of halogens is 1. The molecule has 0 radical (unpaired) electrons. The van der Waals surface area contributed by atoms with Crippen LogP contribution in [-0.4, -0.2) is 39.2 Å². The molecule has 1 rings (SSSR count). The van der Waals surface area contributed by atoms with E-state index in [0.717, 1.165) is 0 Å². The van der Waals surface area contributed by atoms with E-state index in [1.165, 1.54) is 31.3 Å². The molecule has 0 aliphatic rings. The monoisotopic (exact) mass is 296 g/mol. The second-order valence-corrected chi connectivity index (χ2v) is 4.22. The van der Waals surface area contributed by atoms with Gasteiger partial charge in [0.15, 0.2) is 0 Å². The number of carbonyl (C=O) groups is 2. The first-order chi connectivity index (χ1) is 9.51. The Morgan fingerprint density at radius 3 is 2.25 bits per heavy atom. The molecule has 0 aliphatic carbocycles. The number of anilines is 1. The molecule has 106 valence electrons. The molecule has 6 nitrogen and oxygen atoms in total. The van der Waals surface area contributed by atoms with E-state index < -0.39 is 11.9 Å². The van der Waals surface area contributed by atoms with Crippen LogP contribution in [0.4, 0.5) is 5.69 Å². The highest BCUT2D eigenvalue weighted by Gasteiger charge is 2.19. The Labute approximate surface area is 121 Å². The van der Waals surface area contributed by atoms with Crippen LogP contribution < -0.4 is 4.90 Å². The van der Waals surface area contributed by atoms with Crippen LogP contribution in [0, 0.1) is 11.3 Å². The first-order valence-corrected chi connectivity index (χ1v) is 5.97. The number of carbonyl (C=O) groups excluding carboxylic acids is 2. The molecule has 0 amide bonds. The number of rotatable bonds is 5. The zero-order valence-electron chi connectivity index (χ0n) is 11.1. The maximum atomic E-state index is 11.4. The van der Waals surface area contributed by atoms with Crippen molar-refractivity contribution in [2.24, 2.45) is 0 Å². The van der Waals surface area contributed by atoms with Crippen molar-refractivity contribution in [1.29, 1.82) is 5.26 Å². The summed E-state index contributed by atoms with van der Waals surface area (Å²) in [4.78, 5) is 24.2. The number of nitrogens with zero attached hydrogens (tertiary/aromatic N) is 2. The molecule has 0 heterocycles. The van der Waals surface area contributed by atoms with Gasteiger partial charge >= 0.3 is 11.9 Å². The number of ether oxygens (including phenoxy) is 2. The summed E-state index contributed by atoms with van der Waals surface area (Å²) in [5.74, 6) is -1.09. The highest BCUT2D eigenvalue weighted by Crippen LogP contribution is 2.24. The van der Waals surface area contributed by atoms with Gasteiger partial charge in [-0.05, 0) is 18.2 Å². The average molecular weight is 297 g/mol. The van der Waals surface area contributed by atoms with Crippen molar-refractivity contribution in [3.05, 3.63) is 28.8 Å². The lowest BCUT2D eigenvalue weighted by molar-refractivity contribution is -0.140.